The number of hydrogen-bond donors (Lipinski definition) is 1. The van der Waals surface area contributed by atoms with E-state index in [0.29, 0.717) is 28.1 Å². The van der Waals surface area contributed by atoms with E-state index in [9.17, 15) is 10.1 Å². The Labute approximate surface area is 196 Å². The second-order valence-corrected chi connectivity index (χ2v) is 7.93. The maximum atomic E-state index is 12.7. The number of ether oxygens (including phenoxy) is 2. The molecule has 3 rings (SSSR count). The van der Waals surface area contributed by atoms with Gasteiger partial charge in [0, 0.05) is 4.47 Å². The average molecular weight is 491 g/mol. The molecular formula is C26H23BrN2O3. The fourth-order valence-corrected chi connectivity index (χ4v) is 3.51. The van der Waals surface area contributed by atoms with E-state index in [1.165, 1.54) is 6.08 Å². The molecule has 1 atom stereocenters. The minimum Gasteiger partial charge on any atom is -0.493 e. The number of methoxy groups -OCH3 is 1. The Morgan fingerprint density at radius 3 is 2.38 bits per heavy atom. The first-order valence-electron chi connectivity index (χ1n) is 10.0. The van der Waals surface area contributed by atoms with E-state index in [1.807, 2.05) is 73.7 Å². The van der Waals surface area contributed by atoms with Crippen molar-refractivity contribution in [3.05, 3.63) is 99.5 Å². The lowest BCUT2D eigenvalue weighted by Crippen LogP contribution is -2.27. The van der Waals surface area contributed by atoms with Crippen molar-refractivity contribution in [2.45, 2.75) is 19.6 Å². The third-order valence-corrected chi connectivity index (χ3v) is 5.52. The summed E-state index contributed by atoms with van der Waals surface area (Å²) in [5.41, 5.74) is 2.62. The van der Waals surface area contributed by atoms with Crippen LogP contribution in [0, 0.1) is 11.3 Å². The Morgan fingerprint density at radius 2 is 1.75 bits per heavy atom. The van der Waals surface area contributed by atoms with E-state index in [2.05, 4.69) is 21.2 Å². The number of hydrogen-bond acceptors (Lipinski definition) is 4. The van der Waals surface area contributed by atoms with Gasteiger partial charge in [0.15, 0.2) is 11.5 Å². The zero-order chi connectivity index (χ0) is 22.9. The summed E-state index contributed by atoms with van der Waals surface area (Å²) in [6.45, 7) is 2.27. The Hall–Kier alpha value is -3.56. The first-order valence-corrected chi connectivity index (χ1v) is 10.8. The smallest absolute Gasteiger partial charge is 0.262 e. The summed E-state index contributed by atoms with van der Waals surface area (Å²) >= 11 is 3.51. The molecule has 0 saturated heterocycles. The number of halogens is 1. The van der Waals surface area contributed by atoms with Gasteiger partial charge in [0.2, 0.25) is 0 Å². The molecule has 0 unspecified atom stereocenters. The van der Waals surface area contributed by atoms with Crippen molar-refractivity contribution >= 4 is 27.9 Å². The highest BCUT2D eigenvalue weighted by Gasteiger charge is 2.16. The average Bonchev–Trinajstić information content (AvgIpc) is 2.83. The predicted octanol–water partition coefficient (Wildman–Crippen LogP) is 5.82. The molecule has 0 aromatic heterocycles. The lowest BCUT2D eigenvalue weighted by atomic mass is 10.1. The topological polar surface area (TPSA) is 71.3 Å². The molecule has 162 valence electrons. The summed E-state index contributed by atoms with van der Waals surface area (Å²) in [6.07, 6.45) is 1.53. The second kappa shape index (κ2) is 11.2. The van der Waals surface area contributed by atoms with E-state index in [1.54, 1.807) is 19.2 Å². The Morgan fingerprint density at radius 1 is 1.09 bits per heavy atom. The van der Waals surface area contributed by atoms with E-state index < -0.39 is 5.91 Å². The summed E-state index contributed by atoms with van der Waals surface area (Å²) in [5, 5.41) is 12.4. The van der Waals surface area contributed by atoms with Crippen LogP contribution in [0.25, 0.3) is 6.08 Å². The van der Waals surface area contributed by atoms with Crippen molar-refractivity contribution in [1.29, 1.82) is 5.26 Å². The Bertz CT molecular complexity index is 1140. The highest BCUT2D eigenvalue weighted by Crippen LogP contribution is 2.35. The first kappa shape index (κ1) is 23.1. The van der Waals surface area contributed by atoms with Crippen LogP contribution >= 0.6 is 15.9 Å². The number of nitrogens with one attached hydrogen (secondary N) is 1. The summed E-state index contributed by atoms with van der Waals surface area (Å²) in [6, 6.07) is 24.7. The summed E-state index contributed by atoms with van der Waals surface area (Å²) < 4.78 is 12.1. The lowest BCUT2D eigenvalue weighted by molar-refractivity contribution is -0.117. The molecule has 32 heavy (non-hydrogen) atoms. The third-order valence-electron chi connectivity index (χ3n) is 4.83. The summed E-state index contributed by atoms with van der Waals surface area (Å²) in [5.74, 6) is 0.617. The van der Waals surface area contributed by atoms with Crippen LogP contribution in [-0.2, 0) is 11.4 Å². The SMILES string of the molecule is COc1cc(/C=C(\C#N)C(=O)N[C@@H](C)c2ccccc2)c(Br)cc1OCc1ccccc1. The molecule has 0 aliphatic carbocycles. The van der Waals surface area contributed by atoms with Crippen LogP contribution in [-0.4, -0.2) is 13.0 Å². The van der Waals surface area contributed by atoms with Gasteiger partial charge >= 0.3 is 0 Å². The van der Waals surface area contributed by atoms with Gasteiger partial charge in [-0.25, -0.2) is 0 Å². The fourth-order valence-electron chi connectivity index (χ4n) is 3.07. The first-order chi connectivity index (χ1) is 15.5. The van der Waals surface area contributed by atoms with Crippen molar-refractivity contribution < 1.29 is 14.3 Å². The molecule has 5 nitrogen and oxygen atoms in total. The van der Waals surface area contributed by atoms with Gasteiger partial charge in [0.1, 0.15) is 18.2 Å². The molecule has 3 aromatic rings. The van der Waals surface area contributed by atoms with Crippen LogP contribution < -0.4 is 14.8 Å². The van der Waals surface area contributed by atoms with Crippen molar-refractivity contribution in [1.82, 2.24) is 5.32 Å². The molecule has 0 aliphatic heterocycles. The van der Waals surface area contributed by atoms with Crippen LogP contribution in [0.3, 0.4) is 0 Å². The summed E-state index contributed by atoms with van der Waals surface area (Å²) in [7, 11) is 1.55. The van der Waals surface area contributed by atoms with Crippen LogP contribution in [0.5, 0.6) is 11.5 Å². The fraction of sp³-hybridized carbons (Fsp3) is 0.154. The van der Waals surface area contributed by atoms with Gasteiger partial charge in [0.25, 0.3) is 5.91 Å². The van der Waals surface area contributed by atoms with Gasteiger partial charge in [0.05, 0.1) is 13.2 Å². The number of nitriles is 1. The van der Waals surface area contributed by atoms with Gasteiger partial charge in [-0.05, 0) is 41.8 Å². The van der Waals surface area contributed by atoms with E-state index in [4.69, 9.17) is 9.47 Å². The lowest BCUT2D eigenvalue weighted by Gasteiger charge is -2.15. The maximum absolute atomic E-state index is 12.7. The highest BCUT2D eigenvalue weighted by molar-refractivity contribution is 9.10. The van der Waals surface area contributed by atoms with Gasteiger partial charge in [-0.2, -0.15) is 5.26 Å². The zero-order valence-corrected chi connectivity index (χ0v) is 19.4. The molecule has 6 heteroatoms. The molecule has 1 amide bonds. The number of nitrogens with zero attached hydrogens (tertiary/aromatic N) is 1. The minimum absolute atomic E-state index is 0.00603. The molecule has 0 fully saturated rings. The third kappa shape index (κ3) is 5.99. The van der Waals surface area contributed by atoms with Crippen LogP contribution in [0.15, 0.2) is 82.8 Å². The van der Waals surface area contributed by atoms with E-state index in [-0.39, 0.29) is 11.6 Å². The molecule has 0 heterocycles. The van der Waals surface area contributed by atoms with Crippen LogP contribution in [0.4, 0.5) is 0 Å². The Kier molecular flexibility index (Phi) is 8.07. The number of rotatable bonds is 8. The monoisotopic (exact) mass is 490 g/mol. The van der Waals surface area contributed by atoms with Crippen molar-refractivity contribution in [2.24, 2.45) is 0 Å². The predicted molar refractivity (Wildman–Crippen MR) is 128 cm³/mol. The normalized spacial score (nSPS) is 11.9. The number of carbonyl (C=O) groups excluding carboxylic acids is 1. The molecule has 3 aromatic carbocycles. The van der Waals surface area contributed by atoms with Gasteiger partial charge in [-0.3, -0.25) is 4.79 Å². The maximum Gasteiger partial charge on any atom is 0.262 e. The van der Waals surface area contributed by atoms with Gasteiger partial charge < -0.3 is 14.8 Å². The molecule has 0 saturated carbocycles. The van der Waals surface area contributed by atoms with E-state index >= 15 is 0 Å². The van der Waals surface area contributed by atoms with Crippen molar-refractivity contribution in [3.8, 4) is 17.6 Å². The quantitative estimate of drug-likeness (QED) is 0.318. The number of amides is 1. The zero-order valence-electron chi connectivity index (χ0n) is 17.8. The van der Waals surface area contributed by atoms with Gasteiger partial charge in [-0.1, -0.05) is 76.6 Å². The minimum atomic E-state index is -0.445. The Balaban J connectivity index is 1.79. The standard InChI is InChI=1S/C26H23BrN2O3/c1-18(20-11-7-4-8-12-20)29-26(30)22(16-28)13-21-14-24(31-2)25(15-23(21)27)32-17-19-9-5-3-6-10-19/h3-15,18H,17H2,1-2H3,(H,29,30)/b22-13+/t18-/m0/s1. The molecule has 0 aliphatic rings. The van der Waals surface area contributed by atoms with Crippen molar-refractivity contribution in [2.75, 3.05) is 7.11 Å². The molecule has 0 radical (unpaired) electrons. The largest absolute Gasteiger partial charge is 0.493 e. The molecule has 1 N–H and O–H groups in total. The number of carbonyl (C=O) groups is 1. The molecule has 0 spiro atoms. The summed E-state index contributed by atoms with van der Waals surface area (Å²) in [4.78, 5) is 12.7. The molecule has 0 bridgehead atoms. The van der Waals surface area contributed by atoms with Crippen LogP contribution in [0.2, 0.25) is 0 Å². The van der Waals surface area contributed by atoms with Gasteiger partial charge in [-0.15, -0.1) is 0 Å². The van der Waals surface area contributed by atoms with Crippen molar-refractivity contribution in [3.63, 3.8) is 0 Å². The van der Waals surface area contributed by atoms with Crippen LogP contribution in [0.1, 0.15) is 29.7 Å². The second-order valence-electron chi connectivity index (χ2n) is 7.07. The van der Waals surface area contributed by atoms with E-state index in [0.717, 1.165) is 11.1 Å². The number of benzene rings is 3. The highest BCUT2D eigenvalue weighted by atomic mass is 79.9. The molecular weight excluding hydrogens is 468 g/mol.